The van der Waals surface area contributed by atoms with Gasteiger partial charge in [-0.15, -0.1) is 0 Å². The second-order valence-corrected chi connectivity index (χ2v) is 4.82. The lowest BCUT2D eigenvalue weighted by Gasteiger charge is -2.17. The molecule has 2 amide bonds. The van der Waals surface area contributed by atoms with Crippen LogP contribution >= 0.6 is 0 Å². The van der Waals surface area contributed by atoms with Gasteiger partial charge in [0, 0.05) is 0 Å². The SMILES string of the molecule is Cc1ccc(C(N)CN2C(=O)c3ccccc3C2=O)o1. The first-order valence-corrected chi connectivity index (χ1v) is 6.35. The minimum absolute atomic E-state index is 0.110. The fraction of sp³-hybridized carbons (Fsp3) is 0.200. The number of hydrogen-bond acceptors (Lipinski definition) is 4. The second kappa shape index (κ2) is 4.61. The van der Waals surface area contributed by atoms with E-state index in [2.05, 4.69) is 0 Å². The Morgan fingerprint density at radius 1 is 1.10 bits per heavy atom. The van der Waals surface area contributed by atoms with Gasteiger partial charge in [0.25, 0.3) is 11.8 Å². The summed E-state index contributed by atoms with van der Waals surface area (Å²) in [5, 5.41) is 0. The van der Waals surface area contributed by atoms with Crippen molar-refractivity contribution in [1.82, 2.24) is 4.90 Å². The van der Waals surface area contributed by atoms with Crippen LogP contribution in [0.5, 0.6) is 0 Å². The molecule has 1 unspecified atom stereocenters. The molecule has 0 radical (unpaired) electrons. The number of hydrogen-bond donors (Lipinski definition) is 1. The van der Waals surface area contributed by atoms with Gasteiger partial charge in [-0.3, -0.25) is 14.5 Å². The van der Waals surface area contributed by atoms with Gasteiger partial charge in [-0.05, 0) is 31.2 Å². The number of nitrogens with two attached hydrogens (primary N) is 1. The van der Waals surface area contributed by atoms with E-state index in [9.17, 15) is 9.59 Å². The number of carbonyl (C=O) groups excluding carboxylic acids is 2. The average Bonchev–Trinajstić information content (AvgIpc) is 2.98. The van der Waals surface area contributed by atoms with E-state index in [0.29, 0.717) is 16.9 Å². The molecule has 1 aromatic carbocycles. The first-order valence-electron chi connectivity index (χ1n) is 6.35. The molecule has 5 nitrogen and oxygen atoms in total. The van der Waals surface area contributed by atoms with Crippen LogP contribution < -0.4 is 5.73 Å². The third-order valence-electron chi connectivity index (χ3n) is 3.38. The standard InChI is InChI=1S/C15H14N2O3/c1-9-6-7-13(20-9)12(16)8-17-14(18)10-4-2-3-5-11(10)15(17)19/h2-7,12H,8,16H2,1H3. The molecule has 2 aromatic rings. The summed E-state index contributed by atoms with van der Waals surface area (Å²) in [4.78, 5) is 25.6. The first kappa shape index (κ1) is 12.6. The van der Waals surface area contributed by atoms with Crippen molar-refractivity contribution < 1.29 is 14.0 Å². The van der Waals surface area contributed by atoms with Crippen LogP contribution in [-0.2, 0) is 0 Å². The monoisotopic (exact) mass is 270 g/mol. The Bertz CT molecular complexity index is 655. The molecule has 0 saturated heterocycles. The normalized spacial score (nSPS) is 15.6. The van der Waals surface area contributed by atoms with Crippen LogP contribution in [0.4, 0.5) is 0 Å². The third kappa shape index (κ3) is 1.92. The Morgan fingerprint density at radius 2 is 1.70 bits per heavy atom. The first-order chi connectivity index (χ1) is 9.58. The molecule has 0 bridgehead atoms. The molecule has 1 aliphatic heterocycles. The van der Waals surface area contributed by atoms with Gasteiger partial charge < -0.3 is 10.2 Å². The molecule has 0 spiro atoms. The number of amides is 2. The highest BCUT2D eigenvalue weighted by Crippen LogP contribution is 2.25. The molecule has 3 rings (SSSR count). The van der Waals surface area contributed by atoms with Crippen molar-refractivity contribution in [3.63, 3.8) is 0 Å². The largest absolute Gasteiger partial charge is 0.465 e. The zero-order valence-electron chi connectivity index (χ0n) is 11.0. The van der Waals surface area contributed by atoms with Crippen molar-refractivity contribution in [2.45, 2.75) is 13.0 Å². The molecular formula is C15H14N2O3. The van der Waals surface area contributed by atoms with Crippen LogP contribution in [-0.4, -0.2) is 23.3 Å². The topological polar surface area (TPSA) is 76.5 Å². The summed E-state index contributed by atoms with van der Waals surface area (Å²) in [7, 11) is 0. The lowest BCUT2D eigenvalue weighted by Crippen LogP contribution is -2.36. The van der Waals surface area contributed by atoms with Gasteiger partial charge >= 0.3 is 0 Å². The summed E-state index contributed by atoms with van der Waals surface area (Å²) >= 11 is 0. The fourth-order valence-corrected chi connectivity index (χ4v) is 2.34. The van der Waals surface area contributed by atoms with Gasteiger partial charge in [-0.2, -0.15) is 0 Å². The maximum absolute atomic E-state index is 12.2. The quantitative estimate of drug-likeness (QED) is 0.864. The van der Waals surface area contributed by atoms with Crippen molar-refractivity contribution in [3.05, 3.63) is 59.0 Å². The van der Waals surface area contributed by atoms with Crippen LogP contribution in [0.2, 0.25) is 0 Å². The lowest BCUT2D eigenvalue weighted by atomic mass is 10.1. The lowest BCUT2D eigenvalue weighted by molar-refractivity contribution is 0.0641. The van der Waals surface area contributed by atoms with Gasteiger partial charge in [0.1, 0.15) is 11.5 Å². The smallest absolute Gasteiger partial charge is 0.261 e. The molecule has 2 N–H and O–H groups in total. The molecule has 20 heavy (non-hydrogen) atoms. The summed E-state index contributed by atoms with van der Waals surface area (Å²) < 4.78 is 5.43. The minimum Gasteiger partial charge on any atom is -0.465 e. The van der Waals surface area contributed by atoms with E-state index in [-0.39, 0.29) is 18.4 Å². The van der Waals surface area contributed by atoms with Crippen LogP contribution in [0.1, 0.15) is 38.3 Å². The highest BCUT2D eigenvalue weighted by molar-refractivity contribution is 6.21. The molecule has 2 heterocycles. The minimum atomic E-state index is -0.522. The highest BCUT2D eigenvalue weighted by atomic mass is 16.3. The molecule has 5 heteroatoms. The predicted molar refractivity (Wildman–Crippen MR) is 72.2 cm³/mol. The van der Waals surface area contributed by atoms with Gasteiger partial charge in [-0.1, -0.05) is 12.1 Å². The number of benzene rings is 1. The molecule has 1 atom stereocenters. The molecule has 102 valence electrons. The van der Waals surface area contributed by atoms with Gasteiger partial charge in [0.05, 0.1) is 23.7 Å². The molecule has 0 aliphatic carbocycles. The number of carbonyl (C=O) groups is 2. The summed E-state index contributed by atoms with van der Waals surface area (Å²) in [6, 6.07) is 9.82. The van der Waals surface area contributed by atoms with Crippen molar-refractivity contribution in [2.75, 3.05) is 6.54 Å². The number of fused-ring (bicyclic) bond motifs is 1. The van der Waals surface area contributed by atoms with Crippen LogP contribution in [0, 0.1) is 6.92 Å². The van der Waals surface area contributed by atoms with E-state index in [1.807, 2.05) is 6.92 Å². The predicted octanol–water partition coefficient (Wildman–Crippen LogP) is 1.88. The van der Waals surface area contributed by atoms with E-state index in [1.165, 1.54) is 4.90 Å². The van der Waals surface area contributed by atoms with Crippen molar-refractivity contribution >= 4 is 11.8 Å². The van der Waals surface area contributed by atoms with Crippen LogP contribution in [0.3, 0.4) is 0 Å². The number of nitrogens with zero attached hydrogens (tertiary/aromatic N) is 1. The average molecular weight is 270 g/mol. The number of furan rings is 1. The summed E-state index contributed by atoms with van der Waals surface area (Å²) in [6.07, 6.45) is 0. The molecule has 1 aliphatic rings. The van der Waals surface area contributed by atoms with Crippen molar-refractivity contribution in [3.8, 4) is 0 Å². The summed E-state index contributed by atoms with van der Waals surface area (Å²) in [5.41, 5.74) is 6.87. The summed E-state index contributed by atoms with van der Waals surface area (Å²) in [6.45, 7) is 1.93. The number of imide groups is 1. The second-order valence-electron chi connectivity index (χ2n) is 4.82. The van der Waals surface area contributed by atoms with Gasteiger partial charge in [-0.25, -0.2) is 0 Å². The summed E-state index contributed by atoms with van der Waals surface area (Å²) in [5.74, 6) is 0.713. The van der Waals surface area contributed by atoms with Gasteiger partial charge in [0.15, 0.2) is 0 Å². The van der Waals surface area contributed by atoms with E-state index in [1.54, 1.807) is 36.4 Å². The van der Waals surface area contributed by atoms with Crippen LogP contribution in [0.15, 0.2) is 40.8 Å². The molecular weight excluding hydrogens is 256 g/mol. The van der Waals surface area contributed by atoms with Crippen molar-refractivity contribution in [1.29, 1.82) is 0 Å². The zero-order valence-corrected chi connectivity index (χ0v) is 11.0. The third-order valence-corrected chi connectivity index (χ3v) is 3.38. The Hall–Kier alpha value is -2.40. The Labute approximate surface area is 116 Å². The number of rotatable bonds is 3. The Morgan fingerprint density at radius 3 is 2.20 bits per heavy atom. The molecule has 1 aromatic heterocycles. The highest BCUT2D eigenvalue weighted by Gasteiger charge is 2.36. The van der Waals surface area contributed by atoms with Gasteiger partial charge in [0.2, 0.25) is 0 Å². The van der Waals surface area contributed by atoms with Crippen LogP contribution in [0.25, 0.3) is 0 Å². The maximum atomic E-state index is 12.2. The van der Waals surface area contributed by atoms with E-state index < -0.39 is 6.04 Å². The van der Waals surface area contributed by atoms with E-state index in [4.69, 9.17) is 10.2 Å². The zero-order chi connectivity index (χ0) is 14.3. The number of aryl methyl sites for hydroxylation is 1. The molecule has 0 saturated carbocycles. The Kier molecular flexibility index (Phi) is 2.91. The van der Waals surface area contributed by atoms with Crippen molar-refractivity contribution in [2.24, 2.45) is 5.73 Å². The fourth-order valence-electron chi connectivity index (χ4n) is 2.34. The maximum Gasteiger partial charge on any atom is 0.261 e. The van der Waals surface area contributed by atoms with E-state index in [0.717, 1.165) is 5.76 Å². The molecule has 0 fully saturated rings. The van der Waals surface area contributed by atoms with E-state index >= 15 is 0 Å². The Balaban J connectivity index is 1.83.